The lowest BCUT2D eigenvalue weighted by Crippen LogP contribution is -2.40. The molecule has 1 aromatic rings. The van der Waals surface area contributed by atoms with E-state index in [1.54, 1.807) is 4.90 Å². The molecule has 3 rings (SSSR count). The Hall–Kier alpha value is -1.59. The summed E-state index contributed by atoms with van der Waals surface area (Å²) in [5.74, 6) is 0.942. The van der Waals surface area contributed by atoms with Gasteiger partial charge in [-0.05, 0) is 55.8 Å². The lowest BCUT2D eigenvalue weighted by atomic mass is 9.84. The van der Waals surface area contributed by atoms with Crippen LogP contribution in [-0.2, 0) is 16.0 Å². The molecule has 25 heavy (non-hydrogen) atoms. The van der Waals surface area contributed by atoms with Crippen molar-refractivity contribution in [2.24, 2.45) is 11.8 Å². The molecule has 6 heteroatoms. The monoisotopic (exact) mass is 365 g/mol. The van der Waals surface area contributed by atoms with Gasteiger partial charge in [0.05, 0.1) is 6.54 Å². The number of hydrogen-bond acceptors (Lipinski definition) is 3. The average molecular weight is 366 g/mol. The van der Waals surface area contributed by atoms with Gasteiger partial charge in [-0.25, -0.2) is 0 Å². The Morgan fingerprint density at radius 1 is 1.28 bits per heavy atom. The van der Waals surface area contributed by atoms with Crippen molar-refractivity contribution in [3.63, 3.8) is 0 Å². The van der Waals surface area contributed by atoms with Gasteiger partial charge in [0.25, 0.3) is 0 Å². The number of piperidine rings is 1. The third kappa shape index (κ3) is 4.95. The quantitative estimate of drug-likeness (QED) is 0.840. The molecule has 1 aromatic carbocycles. The van der Waals surface area contributed by atoms with Crippen molar-refractivity contribution in [3.8, 4) is 0 Å². The highest BCUT2D eigenvalue weighted by atomic mass is 35.5. The summed E-state index contributed by atoms with van der Waals surface area (Å²) in [6.07, 6.45) is 3.67. The van der Waals surface area contributed by atoms with Gasteiger partial charge in [0.1, 0.15) is 0 Å². The fourth-order valence-corrected chi connectivity index (χ4v) is 3.81. The van der Waals surface area contributed by atoms with E-state index >= 15 is 0 Å². The highest BCUT2D eigenvalue weighted by Crippen LogP contribution is 2.27. The smallest absolute Gasteiger partial charge is 0.246 e. The van der Waals surface area contributed by atoms with Gasteiger partial charge in [0.2, 0.25) is 11.8 Å². The maximum absolute atomic E-state index is 12.4. The molecule has 2 N–H and O–H groups in total. The fourth-order valence-electron chi connectivity index (χ4n) is 3.81. The Morgan fingerprint density at radius 3 is 2.76 bits per heavy atom. The van der Waals surface area contributed by atoms with Gasteiger partial charge >= 0.3 is 0 Å². The van der Waals surface area contributed by atoms with Crippen LogP contribution in [0, 0.1) is 11.8 Å². The van der Waals surface area contributed by atoms with E-state index in [-0.39, 0.29) is 30.8 Å². The summed E-state index contributed by atoms with van der Waals surface area (Å²) in [4.78, 5) is 26.4. The second-order valence-corrected chi connectivity index (χ2v) is 6.97. The van der Waals surface area contributed by atoms with Gasteiger partial charge in [0.15, 0.2) is 0 Å². The van der Waals surface area contributed by atoms with Crippen LogP contribution in [0.4, 0.5) is 5.69 Å². The Balaban J connectivity index is 0.00000225. The van der Waals surface area contributed by atoms with Crippen LogP contribution in [0.15, 0.2) is 24.3 Å². The number of hydrogen-bond donors (Lipinski definition) is 2. The van der Waals surface area contributed by atoms with E-state index in [1.165, 1.54) is 5.56 Å². The van der Waals surface area contributed by atoms with Crippen molar-refractivity contribution in [1.29, 1.82) is 0 Å². The lowest BCUT2D eigenvalue weighted by Gasteiger charge is -2.28. The van der Waals surface area contributed by atoms with Crippen LogP contribution in [0.25, 0.3) is 0 Å². The number of anilines is 1. The molecule has 5 nitrogen and oxygen atoms in total. The molecule has 1 atom stereocenters. The van der Waals surface area contributed by atoms with E-state index in [0.717, 1.165) is 38.0 Å². The van der Waals surface area contributed by atoms with Crippen LogP contribution < -0.4 is 15.5 Å². The van der Waals surface area contributed by atoms with E-state index in [2.05, 4.69) is 23.6 Å². The van der Waals surface area contributed by atoms with E-state index in [1.807, 2.05) is 18.2 Å². The zero-order chi connectivity index (χ0) is 16.9. The number of para-hydroxylation sites is 1. The Kier molecular flexibility index (Phi) is 7.26. The molecule has 0 aromatic heterocycles. The highest BCUT2D eigenvalue weighted by molar-refractivity contribution is 5.98. The summed E-state index contributed by atoms with van der Waals surface area (Å²) in [6.45, 7) is 5.03. The van der Waals surface area contributed by atoms with Crippen LogP contribution >= 0.6 is 12.4 Å². The molecule has 0 bridgehead atoms. The molecule has 0 spiro atoms. The van der Waals surface area contributed by atoms with Crippen LogP contribution in [0.3, 0.4) is 0 Å². The molecule has 0 aliphatic carbocycles. The predicted octanol–water partition coefficient (Wildman–Crippen LogP) is 2.14. The Labute approximate surface area is 155 Å². The molecule has 1 saturated heterocycles. The number of carbonyl (C=O) groups is 2. The van der Waals surface area contributed by atoms with Gasteiger partial charge in [-0.3, -0.25) is 9.59 Å². The Morgan fingerprint density at radius 2 is 2.00 bits per heavy atom. The van der Waals surface area contributed by atoms with Crippen LogP contribution in [0.5, 0.6) is 0 Å². The number of halogens is 1. The first kappa shape index (κ1) is 19.7. The summed E-state index contributed by atoms with van der Waals surface area (Å²) in [7, 11) is 0. The van der Waals surface area contributed by atoms with Crippen molar-refractivity contribution in [1.82, 2.24) is 10.6 Å². The number of nitrogens with zero attached hydrogens (tertiary/aromatic N) is 1. The van der Waals surface area contributed by atoms with Gasteiger partial charge < -0.3 is 15.5 Å². The van der Waals surface area contributed by atoms with Crippen molar-refractivity contribution in [2.45, 2.75) is 32.6 Å². The molecule has 2 amide bonds. The standard InChI is InChI=1S/C19H27N3O2.ClH/c1-14(15-6-9-20-10-7-15)12-18(23)21-13-19(24)22-11-8-16-4-2-3-5-17(16)22;/h2-5,14-15,20H,6-13H2,1H3,(H,21,23);1H. The first-order chi connectivity index (χ1) is 11.6. The van der Waals surface area contributed by atoms with Gasteiger partial charge in [-0.2, -0.15) is 0 Å². The maximum Gasteiger partial charge on any atom is 0.246 e. The molecule has 2 aliphatic rings. The maximum atomic E-state index is 12.4. The van der Waals surface area contributed by atoms with Crippen LogP contribution in [-0.4, -0.2) is 38.0 Å². The van der Waals surface area contributed by atoms with Crippen LogP contribution in [0.2, 0.25) is 0 Å². The lowest BCUT2D eigenvalue weighted by molar-refractivity contribution is -0.125. The van der Waals surface area contributed by atoms with Crippen molar-refractivity contribution >= 4 is 29.9 Å². The van der Waals surface area contributed by atoms with Crippen molar-refractivity contribution in [2.75, 3.05) is 31.1 Å². The van der Waals surface area contributed by atoms with E-state index in [4.69, 9.17) is 0 Å². The summed E-state index contributed by atoms with van der Waals surface area (Å²) in [5.41, 5.74) is 2.19. The third-order valence-corrected chi connectivity index (χ3v) is 5.32. The van der Waals surface area contributed by atoms with Gasteiger partial charge in [0, 0.05) is 18.7 Å². The molecule has 1 fully saturated rings. The topological polar surface area (TPSA) is 61.4 Å². The summed E-state index contributed by atoms with van der Waals surface area (Å²) >= 11 is 0. The number of nitrogens with one attached hydrogen (secondary N) is 2. The number of benzene rings is 1. The molecule has 2 aliphatic heterocycles. The second-order valence-electron chi connectivity index (χ2n) is 6.97. The first-order valence-corrected chi connectivity index (χ1v) is 9.01. The fraction of sp³-hybridized carbons (Fsp3) is 0.579. The molecule has 138 valence electrons. The number of carbonyl (C=O) groups excluding carboxylic acids is 2. The summed E-state index contributed by atoms with van der Waals surface area (Å²) < 4.78 is 0. The minimum atomic E-state index is -0.0252. The average Bonchev–Trinajstić information content (AvgIpc) is 3.04. The molecule has 0 saturated carbocycles. The van der Waals surface area contributed by atoms with Gasteiger partial charge in [-0.1, -0.05) is 25.1 Å². The molecular weight excluding hydrogens is 338 g/mol. The van der Waals surface area contributed by atoms with Crippen LogP contribution in [0.1, 0.15) is 31.7 Å². The molecule has 0 radical (unpaired) electrons. The second kappa shape index (κ2) is 9.20. The summed E-state index contributed by atoms with van der Waals surface area (Å²) in [5, 5.41) is 6.17. The number of fused-ring (bicyclic) bond motifs is 1. The van der Waals surface area contributed by atoms with Crippen molar-refractivity contribution in [3.05, 3.63) is 29.8 Å². The zero-order valence-corrected chi connectivity index (χ0v) is 15.6. The molecule has 1 unspecified atom stereocenters. The van der Waals surface area contributed by atoms with Gasteiger partial charge in [-0.15, -0.1) is 12.4 Å². The summed E-state index contributed by atoms with van der Waals surface area (Å²) in [6, 6.07) is 7.98. The van der Waals surface area contributed by atoms with Crippen molar-refractivity contribution < 1.29 is 9.59 Å². The predicted molar refractivity (Wildman–Crippen MR) is 102 cm³/mol. The van der Waals surface area contributed by atoms with E-state index in [0.29, 0.717) is 24.8 Å². The number of amides is 2. The SMILES string of the molecule is CC(CC(=O)NCC(=O)N1CCc2ccccc21)C1CCNCC1.Cl. The largest absolute Gasteiger partial charge is 0.347 e. The minimum Gasteiger partial charge on any atom is -0.347 e. The molecule has 2 heterocycles. The zero-order valence-electron chi connectivity index (χ0n) is 14.8. The van der Waals surface area contributed by atoms with E-state index < -0.39 is 0 Å². The molecular formula is C19H28ClN3O2. The normalized spacial score (nSPS) is 18.2. The van der Waals surface area contributed by atoms with E-state index in [9.17, 15) is 9.59 Å². The third-order valence-electron chi connectivity index (χ3n) is 5.32. The highest BCUT2D eigenvalue weighted by Gasteiger charge is 2.25. The Bertz CT molecular complexity index is 602. The minimum absolute atomic E-state index is 0. The first-order valence-electron chi connectivity index (χ1n) is 9.01. The number of rotatable bonds is 5.